The van der Waals surface area contributed by atoms with Crippen molar-refractivity contribution < 1.29 is 13.2 Å². The average Bonchev–Trinajstić information content (AvgIpc) is 2.96. The summed E-state index contributed by atoms with van der Waals surface area (Å²) >= 11 is 7.27. The molecule has 5 nitrogen and oxygen atoms in total. The maximum Gasteiger partial charge on any atom is 0.333 e. The molecule has 1 heterocycles. The van der Waals surface area contributed by atoms with Crippen LogP contribution < -0.4 is 10.0 Å². The van der Waals surface area contributed by atoms with Gasteiger partial charge in [0.2, 0.25) is 0 Å². The van der Waals surface area contributed by atoms with Crippen molar-refractivity contribution in [2.75, 3.05) is 5.32 Å². The first-order valence-corrected chi connectivity index (χ1v) is 9.25. The summed E-state index contributed by atoms with van der Waals surface area (Å²) in [6.07, 6.45) is 0. The first-order valence-electron chi connectivity index (χ1n) is 6.51. The fraction of sp³-hybridized carbons (Fsp3) is 0. The molecule has 0 saturated carbocycles. The van der Waals surface area contributed by atoms with Crippen LogP contribution in [-0.4, -0.2) is 14.4 Å². The van der Waals surface area contributed by atoms with Gasteiger partial charge in [0.1, 0.15) is 0 Å². The topological polar surface area (TPSA) is 75.3 Å². The minimum Gasteiger partial charge on any atom is -0.307 e. The smallest absolute Gasteiger partial charge is 0.307 e. The first kappa shape index (κ1) is 15.8. The van der Waals surface area contributed by atoms with Gasteiger partial charge in [-0.2, -0.15) is 0 Å². The van der Waals surface area contributed by atoms with Gasteiger partial charge in [0.05, 0.1) is 4.90 Å². The Morgan fingerprint density at radius 1 is 1.04 bits per heavy atom. The van der Waals surface area contributed by atoms with Gasteiger partial charge in [0.25, 0.3) is 10.0 Å². The third-order valence-corrected chi connectivity index (χ3v) is 5.54. The molecule has 8 heteroatoms. The van der Waals surface area contributed by atoms with Gasteiger partial charge in [0.15, 0.2) is 0 Å². The number of hydrogen-bond donors (Lipinski definition) is 2. The summed E-state index contributed by atoms with van der Waals surface area (Å²) in [6.45, 7) is 0. The Hall–Kier alpha value is -2.09. The van der Waals surface area contributed by atoms with Crippen LogP contribution in [0.3, 0.4) is 0 Å². The molecular formula is C15H11ClN2O3S2. The largest absolute Gasteiger partial charge is 0.333 e. The summed E-state index contributed by atoms with van der Waals surface area (Å²) < 4.78 is 27.5. The molecule has 0 spiro atoms. The SMILES string of the molecule is O=C(Nc1ccc(Cl)cc1)NS(=O)(=O)c1ccc2sccc2c1. The van der Waals surface area contributed by atoms with Crippen molar-refractivity contribution in [3.63, 3.8) is 0 Å². The van der Waals surface area contributed by atoms with Crippen LogP contribution in [0.1, 0.15) is 0 Å². The molecule has 2 N–H and O–H groups in total. The maximum atomic E-state index is 12.3. The molecule has 3 aromatic rings. The summed E-state index contributed by atoms with van der Waals surface area (Å²) in [4.78, 5) is 11.9. The normalized spacial score (nSPS) is 11.3. The number of rotatable bonds is 3. The number of amides is 2. The molecule has 0 atom stereocenters. The molecular weight excluding hydrogens is 356 g/mol. The van der Waals surface area contributed by atoms with E-state index in [2.05, 4.69) is 5.32 Å². The van der Waals surface area contributed by atoms with E-state index >= 15 is 0 Å². The van der Waals surface area contributed by atoms with Crippen molar-refractivity contribution in [2.24, 2.45) is 0 Å². The van der Waals surface area contributed by atoms with Gasteiger partial charge in [-0.05, 0) is 59.3 Å². The van der Waals surface area contributed by atoms with Crippen molar-refractivity contribution in [1.29, 1.82) is 0 Å². The minimum absolute atomic E-state index is 0.0367. The van der Waals surface area contributed by atoms with E-state index in [0.29, 0.717) is 10.7 Å². The highest BCUT2D eigenvalue weighted by molar-refractivity contribution is 7.90. The molecule has 0 unspecified atom stereocenters. The molecule has 0 aliphatic heterocycles. The molecule has 0 radical (unpaired) electrons. The Morgan fingerprint density at radius 2 is 1.78 bits per heavy atom. The van der Waals surface area contributed by atoms with Crippen LogP contribution in [0, 0.1) is 0 Å². The zero-order valence-corrected chi connectivity index (χ0v) is 14.0. The molecule has 3 rings (SSSR count). The third-order valence-electron chi connectivity index (χ3n) is 3.06. The lowest BCUT2D eigenvalue weighted by Crippen LogP contribution is -2.34. The van der Waals surface area contributed by atoms with Gasteiger partial charge in [-0.1, -0.05) is 11.6 Å². The minimum atomic E-state index is -3.94. The molecule has 118 valence electrons. The summed E-state index contributed by atoms with van der Waals surface area (Å²) in [5, 5.41) is 5.65. The van der Waals surface area contributed by atoms with E-state index in [-0.39, 0.29) is 4.90 Å². The van der Waals surface area contributed by atoms with E-state index in [1.807, 2.05) is 16.2 Å². The van der Waals surface area contributed by atoms with E-state index in [1.165, 1.54) is 23.5 Å². The predicted molar refractivity (Wildman–Crippen MR) is 92.6 cm³/mol. The molecule has 23 heavy (non-hydrogen) atoms. The van der Waals surface area contributed by atoms with E-state index in [0.717, 1.165) is 10.1 Å². The van der Waals surface area contributed by atoms with Gasteiger partial charge >= 0.3 is 6.03 Å². The quantitative estimate of drug-likeness (QED) is 0.733. The number of nitrogens with one attached hydrogen (secondary N) is 2. The fourth-order valence-corrected chi connectivity index (χ4v) is 3.82. The standard InChI is InChI=1S/C15H11ClN2O3S2/c16-11-1-3-12(4-2-11)17-15(19)18-23(20,21)13-5-6-14-10(9-13)7-8-22-14/h1-9H,(H2,17,18,19). The summed E-state index contributed by atoms with van der Waals surface area (Å²) in [5.41, 5.74) is 0.440. The van der Waals surface area contributed by atoms with Crippen molar-refractivity contribution in [1.82, 2.24) is 4.72 Å². The second-order valence-corrected chi connectivity index (χ2v) is 7.75. The highest BCUT2D eigenvalue weighted by Crippen LogP contribution is 2.23. The number of hydrogen-bond acceptors (Lipinski definition) is 4. The number of anilines is 1. The van der Waals surface area contributed by atoms with Crippen LogP contribution in [0.5, 0.6) is 0 Å². The van der Waals surface area contributed by atoms with Crippen LogP contribution >= 0.6 is 22.9 Å². The van der Waals surface area contributed by atoms with Crippen molar-refractivity contribution in [3.05, 3.63) is 58.9 Å². The number of sulfonamides is 1. The Balaban J connectivity index is 1.77. The Bertz CT molecular complexity index is 966. The van der Waals surface area contributed by atoms with Crippen molar-refractivity contribution >= 4 is 54.8 Å². The fourth-order valence-electron chi connectivity index (χ4n) is 1.98. The van der Waals surface area contributed by atoms with E-state index in [9.17, 15) is 13.2 Å². The number of fused-ring (bicyclic) bond motifs is 1. The van der Waals surface area contributed by atoms with E-state index in [1.54, 1.807) is 30.3 Å². The Labute approximate surface area is 142 Å². The van der Waals surface area contributed by atoms with Crippen LogP contribution in [0.2, 0.25) is 5.02 Å². The van der Waals surface area contributed by atoms with Gasteiger partial charge in [-0.15, -0.1) is 11.3 Å². The Kier molecular flexibility index (Phi) is 4.25. The number of benzene rings is 2. The van der Waals surface area contributed by atoms with Crippen LogP contribution in [0.15, 0.2) is 58.8 Å². The lowest BCUT2D eigenvalue weighted by Gasteiger charge is -2.09. The lowest BCUT2D eigenvalue weighted by molar-refractivity contribution is 0.256. The summed E-state index contributed by atoms with van der Waals surface area (Å²) in [5.74, 6) is 0. The molecule has 0 bridgehead atoms. The van der Waals surface area contributed by atoms with Crippen molar-refractivity contribution in [2.45, 2.75) is 4.90 Å². The van der Waals surface area contributed by atoms with Gasteiger partial charge in [0, 0.05) is 15.4 Å². The molecule has 1 aromatic heterocycles. The number of urea groups is 1. The van der Waals surface area contributed by atoms with E-state index < -0.39 is 16.1 Å². The molecule has 0 aliphatic rings. The molecule has 2 amide bonds. The molecule has 0 aliphatic carbocycles. The highest BCUT2D eigenvalue weighted by atomic mass is 35.5. The zero-order chi connectivity index (χ0) is 16.4. The average molecular weight is 367 g/mol. The monoisotopic (exact) mass is 366 g/mol. The van der Waals surface area contributed by atoms with E-state index in [4.69, 9.17) is 11.6 Å². The summed E-state index contributed by atoms with van der Waals surface area (Å²) in [6, 6.07) is 12.0. The third kappa shape index (κ3) is 3.64. The molecule has 2 aromatic carbocycles. The van der Waals surface area contributed by atoms with Crippen LogP contribution in [0.4, 0.5) is 10.5 Å². The second-order valence-electron chi connectivity index (χ2n) is 4.69. The maximum absolute atomic E-state index is 12.3. The molecule has 0 saturated heterocycles. The highest BCUT2D eigenvalue weighted by Gasteiger charge is 2.18. The summed E-state index contributed by atoms with van der Waals surface area (Å²) in [7, 11) is -3.94. The van der Waals surface area contributed by atoms with Crippen LogP contribution in [-0.2, 0) is 10.0 Å². The van der Waals surface area contributed by atoms with Crippen molar-refractivity contribution in [3.8, 4) is 0 Å². The predicted octanol–water partition coefficient (Wildman–Crippen LogP) is 4.07. The molecule has 0 fully saturated rings. The number of carbonyl (C=O) groups is 1. The zero-order valence-electron chi connectivity index (χ0n) is 11.6. The first-order chi connectivity index (χ1) is 10.9. The lowest BCUT2D eigenvalue weighted by atomic mass is 10.3. The second kappa shape index (κ2) is 6.19. The Morgan fingerprint density at radius 3 is 2.52 bits per heavy atom. The number of thiophene rings is 1. The van der Waals surface area contributed by atoms with Gasteiger partial charge < -0.3 is 5.32 Å². The van der Waals surface area contributed by atoms with Gasteiger partial charge in [-0.3, -0.25) is 0 Å². The van der Waals surface area contributed by atoms with Gasteiger partial charge in [-0.25, -0.2) is 17.9 Å². The van der Waals surface area contributed by atoms with Crippen LogP contribution in [0.25, 0.3) is 10.1 Å². The number of carbonyl (C=O) groups excluding carboxylic acids is 1. The number of halogens is 1.